The number of fused-ring (bicyclic) bond motifs is 1. The highest BCUT2D eigenvalue weighted by atomic mass is 35.5. The first-order valence-electron chi connectivity index (χ1n) is 11.3. The van der Waals surface area contributed by atoms with E-state index in [0.717, 1.165) is 42.3 Å². The van der Waals surface area contributed by atoms with Crippen LogP contribution in [0.2, 0.25) is 5.02 Å². The number of nitrogens with zero attached hydrogens (tertiary/aromatic N) is 2. The molecule has 2 heterocycles. The highest BCUT2D eigenvalue weighted by Gasteiger charge is 2.19. The van der Waals surface area contributed by atoms with Crippen LogP contribution < -0.4 is 10.2 Å². The zero-order valence-corrected chi connectivity index (χ0v) is 20.6. The minimum atomic E-state index is -1.08. The maximum atomic E-state index is 12.2. The highest BCUT2D eigenvalue weighted by molar-refractivity contribution is 6.33. The Hall–Kier alpha value is -2.97. The lowest BCUT2D eigenvalue weighted by Gasteiger charge is -2.25. The second-order valence-corrected chi connectivity index (χ2v) is 8.96. The van der Waals surface area contributed by atoms with Crippen molar-refractivity contribution in [1.29, 1.82) is 0 Å². The SMILES string of the molecule is CC(C)CC(=O)c1ccc(N(C)c2c(Cl)ccc3c2CCNCC3)cn1.O=C(O)CCC(=O)O. The lowest BCUT2D eigenvalue weighted by molar-refractivity contribution is -0.143. The van der Waals surface area contributed by atoms with Gasteiger partial charge in [-0.05, 0) is 61.2 Å². The van der Waals surface area contributed by atoms with E-state index in [1.165, 1.54) is 11.1 Å². The molecule has 0 saturated carbocycles. The smallest absolute Gasteiger partial charge is 0.303 e. The fraction of sp³-hybridized carbons (Fsp3) is 0.440. The molecule has 0 unspecified atom stereocenters. The first kappa shape index (κ1) is 27.3. The zero-order chi connectivity index (χ0) is 25.3. The van der Waals surface area contributed by atoms with E-state index < -0.39 is 11.9 Å². The molecular formula is C25H32ClN3O5. The number of hydrogen-bond donors (Lipinski definition) is 3. The molecule has 0 atom stereocenters. The lowest BCUT2D eigenvalue weighted by Crippen LogP contribution is -2.17. The van der Waals surface area contributed by atoms with Crippen molar-refractivity contribution in [2.75, 3.05) is 25.0 Å². The van der Waals surface area contributed by atoms with Gasteiger partial charge >= 0.3 is 11.9 Å². The maximum Gasteiger partial charge on any atom is 0.303 e. The van der Waals surface area contributed by atoms with Gasteiger partial charge in [0.1, 0.15) is 5.69 Å². The number of hydrogen-bond acceptors (Lipinski definition) is 6. The number of carboxylic acid groups (broad SMARTS) is 2. The number of carbonyl (C=O) groups is 3. The highest BCUT2D eigenvalue weighted by Crippen LogP contribution is 2.36. The summed E-state index contributed by atoms with van der Waals surface area (Å²) in [6, 6.07) is 7.87. The van der Waals surface area contributed by atoms with E-state index in [9.17, 15) is 14.4 Å². The van der Waals surface area contributed by atoms with Crippen LogP contribution in [0.4, 0.5) is 11.4 Å². The fourth-order valence-corrected chi connectivity index (χ4v) is 3.96. The van der Waals surface area contributed by atoms with Crippen molar-refractivity contribution in [2.45, 2.75) is 46.0 Å². The second-order valence-electron chi connectivity index (χ2n) is 8.55. The molecule has 0 amide bonds. The van der Waals surface area contributed by atoms with E-state index in [4.69, 9.17) is 21.8 Å². The van der Waals surface area contributed by atoms with E-state index >= 15 is 0 Å². The molecule has 0 spiro atoms. The Morgan fingerprint density at radius 1 is 1.06 bits per heavy atom. The van der Waals surface area contributed by atoms with Gasteiger partial charge in [0.15, 0.2) is 5.78 Å². The van der Waals surface area contributed by atoms with E-state index in [1.54, 1.807) is 6.20 Å². The van der Waals surface area contributed by atoms with Crippen molar-refractivity contribution in [1.82, 2.24) is 10.3 Å². The molecule has 1 aromatic carbocycles. The third kappa shape index (κ3) is 8.11. The Balaban J connectivity index is 0.000000440. The normalized spacial score (nSPS) is 12.7. The first-order valence-corrected chi connectivity index (χ1v) is 11.7. The zero-order valence-electron chi connectivity index (χ0n) is 19.8. The van der Waals surface area contributed by atoms with Gasteiger partial charge in [-0.2, -0.15) is 0 Å². The number of carboxylic acids is 2. The van der Waals surface area contributed by atoms with Crippen LogP contribution >= 0.6 is 11.6 Å². The Bertz CT molecular complexity index is 994. The van der Waals surface area contributed by atoms with Gasteiger partial charge in [-0.15, -0.1) is 0 Å². The van der Waals surface area contributed by atoms with Crippen molar-refractivity contribution < 1.29 is 24.6 Å². The topological polar surface area (TPSA) is 120 Å². The third-order valence-corrected chi connectivity index (χ3v) is 5.66. The number of anilines is 2. The summed E-state index contributed by atoms with van der Waals surface area (Å²) in [5.74, 6) is -1.73. The molecule has 9 heteroatoms. The van der Waals surface area contributed by atoms with Crippen molar-refractivity contribution in [3.63, 3.8) is 0 Å². The average molecular weight is 490 g/mol. The van der Waals surface area contributed by atoms with Gasteiger partial charge in [0.05, 0.1) is 35.4 Å². The summed E-state index contributed by atoms with van der Waals surface area (Å²) < 4.78 is 0. The summed E-state index contributed by atoms with van der Waals surface area (Å²) in [6.07, 6.45) is 3.65. The van der Waals surface area contributed by atoms with Crippen molar-refractivity contribution in [2.24, 2.45) is 5.92 Å². The monoisotopic (exact) mass is 489 g/mol. The van der Waals surface area contributed by atoms with Crippen molar-refractivity contribution in [3.05, 3.63) is 52.3 Å². The Kier molecular flexibility index (Phi) is 10.5. The van der Waals surface area contributed by atoms with Crippen LogP contribution in [-0.4, -0.2) is 53.1 Å². The van der Waals surface area contributed by atoms with E-state index in [1.807, 2.05) is 39.1 Å². The van der Waals surface area contributed by atoms with E-state index in [-0.39, 0.29) is 18.6 Å². The molecule has 3 N–H and O–H groups in total. The summed E-state index contributed by atoms with van der Waals surface area (Å²) in [4.78, 5) is 37.9. The maximum absolute atomic E-state index is 12.2. The molecule has 34 heavy (non-hydrogen) atoms. The van der Waals surface area contributed by atoms with Gasteiger partial charge < -0.3 is 20.4 Å². The molecule has 2 aromatic rings. The first-order chi connectivity index (χ1) is 16.1. The molecule has 1 aliphatic rings. The predicted octanol–water partition coefficient (Wildman–Crippen LogP) is 4.36. The average Bonchev–Trinajstić information content (AvgIpc) is 3.03. The molecular weight excluding hydrogens is 458 g/mol. The van der Waals surface area contributed by atoms with Gasteiger partial charge in [0, 0.05) is 13.5 Å². The molecule has 0 aliphatic carbocycles. The van der Waals surface area contributed by atoms with Gasteiger partial charge in [-0.1, -0.05) is 31.5 Å². The number of halogens is 1. The molecule has 0 saturated heterocycles. The number of aliphatic carboxylic acids is 2. The molecule has 8 nitrogen and oxygen atoms in total. The van der Waals surface area contributed by atoms with Gasteiger partial charge in [-0.25, -0.2) is 0 Å². The van der Waals surface area contributed by atoms with Gasteiger partial charge in [-0.3, -0.25) is 19.4 Å². The Morgan fingerprint density at radius 3 is 2.26 bits per heavy atom. The summed E-state index contributed by atoms with van der Waals surface area (Å²) in [7, 11) is 2.01. The summed E-state index contributed by atoms with van der Waals surface area (Å²) in [5.41, 5.74) is 5.13. The molecule has 1 aromatic heterocycles. The van der Waals surface area contributed by atoms with Crippen LogP contribution in [-0.2, 0) is 22.4 Å². The Morgan fingerprint density at radius 2 is 1.71 bits per heavy atom. The van der Waals surface area contributed by atoms with Crippen LogP contribution in [0.1, 0.15) is 54.7 Å². The van der Waals surface area contributed by atoms with Crippen LogP contribution in [0.15, 0.2) is 30.5 Å². The quantitative estimate of drug-likeness (QED) is 0.468. The number of nitrogens with one attached hydrogen (secondary N) is 1. The number of ketones is 1. The van der Waals surface area contributed by atoms with E-state index in [0.29, 0.717) is 18.0 Å². The van der Waals surface area contributed by atoms with Crippen molar-refractivity contribution in [3.8, 4) is 0 Å². The van der Waals surface area contributed by atoms with Crippen LogP contribution in [0, 0.1) is 5.92 Å². The fourth-order valence-electron chi connectivity index (χ4n) is 3.65. The largest absolute Gasteiger partial charge is 0.481 e. The molecule has 0 fully saturated rings. The standard InChI is InChI=1S/C21H26ClN3O.C4H6O4/c1-14(2)12-20(26)19-7-5-16(13-24-19)25(3)21-17-9-11-23-10-8-15(17)4-6-18(21)22;5-3(6)1-2-4(7)8/h4-7,13-14,23H,8-12H2,1-3H3;1-2H2,(H,5,6)(H,7,8). The van der Waals surface area contributed by atoms with E-state index in [2.05, 4.69) is 21.3 Å². The lowest BCUT2D eigenvalue weighted by atomic mass is 10.00. The summed E-state index contributed by atoms with van der Waals surface area (Å²) in [6.45, 7) is 6.02. The van der Waals surface area contributed by atoms with Crippen molar-refractivity contribution >= 4 is 40.7 Å². The van der Waals surface area contributed by atoms with Crippen LogP contribution in [0.25, 0.3) is 0 Å². The molecule has 184 valence electrons. The molecule has 0 radical (unpaired) electrons. The van der Waals surface area contributed by atoms with Gasteiger partial charge in [0.25, 0.3) is 0 Å². The number of rotatable bonds is 8. The van der Waals surface area contributed by atoms with Crippen LogP contribution in [0.5, 0.6) is 0 Å². The van der Waals surface area contributed by atoms with Crippen LogP contribution in [0.3, 0.4) is 0 Å². The summed E-state index contributed by atoms with van der Waals surface area (Å²) in [5, 5.41) is 20.0. The predicted molar refractivity (Wildman–Crippen MR) is 132 cm³/mol. The number of benzene rings is 1. The molecule has 0 bridgehead atoms. The number of Topliss-reactive ketones (excluding diaryl/α,β-unsaturated/α-hetero) is 1. The minimum absolute atomic E-state index is 0.0897. The second kappa shape index (κ2) is 13.1. The number of carbonyl (C=O) groups excluding carboxylic acids is 1. The summed E-state index contributed by atoms with van der Waals surface area (Å²) >= 11 is 6.56. The Labute approximate surface area is 205 Å². The number of aromatic nitrogens is 1. The molecule has 1 aliphatic heterocycles. The van der Waals surface area contributed by atoms with Gasteiger partial charge in [0.2, 0.25) is 0 Å². The number of pyridine rings is 1. The molecule has 3 rings (SSSR count). The minimum Gasteiger partial charge on any atom is -0.481 e. The third-order valence-electron chi connectivity index (χ3n) is 5.36.